The van der Waals surface area contributed by atoms with Crippen LogP contribution in [0.3, 0.4) is 0 Å². The van der Waals surface area contributed by atoms with Gasteiger partial charge in [0.1, 0.15) is 26.6 Å². The predicted molar refractivity (Wildman–Crippen MR) is 96.4 cm³/mol. The Labute approximate surface area is 157 Å². The molecule has 27 heavy (non-hydrogen) atoms. The molecule has 1 aromatic carbocycles. The quantitative estimate of drug-likeness (QED) is 0.799. The number of halogens is 1. The lowest BCUT2D eigenvalue weighted by Gasteiger charge is -2.34. The number of hydrogen-bond acceptors (Lipinski definition) is 5. The van der Waals surface area contributed by atoms with Gasteiger partial charge in [0.15, 0.2) is 0 Å². The van der Waals surface area contributed by atoms with Gasteiger partial charge in [-0.1, -0.05) is 17.6 Å². The Morgan fingerprint density at radius 1 is 1.48 bits per heavy atom. The molecule has 1 fully saturated rings. The summed E-state index contributed by atoms with van der Waals surface area (Å²) in [6, 6.07) is 6.69. The summed E-state index contributed by atoms with van der Waals surface area (Å²) in [5, 5.41) is 11.2. The number of nitrogens with one attached hydrogen (secondary N) is 1. The van der Waals surface area contributed by atoms with Gasteiger partial charge in [-0.3, -0.25) is 14.9 Å². The van der Waals surface area contributed by atoms with Crippen LogP contribution >= 0.6 is 0 Å². The van der Waals surface area contributed by atoms with Crippen molar-refractivity contribution in [1.29, 1.82) is 5.26 Å². The standard InChI is InChI=1S/C18H13BFN5O2.H2/c19-11-1-2-12-13(3-11)18(4-14(18)20)9-25(16(12)27)8-15(26)24-17-22-6-10(5-21)7-23-17;/h1-3,6-7,14H,4,8-9H2,(H,22,23,24,26);1H/t14?,18-;/m0./s1. The third-order valence-electron chi connectivity index (χ3n) is 4.92. The van der Waals surface area contributed by atoms with E-state index in [1.807, 2.05) is 6.07 Å². The first kappa shape index (κ1) is 17.2. The van der Waals surface area contributed by atoms with Crippen molar-refractivity contribution < 1.29 is 15.4 Å². The molecule has 7 nitrogen and oxygen atoms in total. The van der Waals surface area contributed by atoms with E-state index in [2.05, 4.69) is 15.3 Å². The molecule has 1 aliphatic carbocycles. The fourth-order valence-corrected chi connectivity index (χ4v) is 3.45. The first-order chi connectivity index (χ1) is 12.9. The average molecular weight is 363 g/mol. The van der Waals surface area contributed by atoms with E-state index in [0.29, 0.717) is 23.0 Å². The summed E-state index contributed by atoms with van der Waals surface area (Å²) in [6.07, 6.45) is 1.79. The van der Waals surface area contributed by atoms with Crippen LogP contribution in [0, 0.1) is 11.3 Å². The van der Waals surface area contributed by atoms with Gasteiger partial charge in [0.05, 0.1) is 18.0 Å². The van der Waals surface area contributed by atoms with Crippen molar-refractivity contribution >= 4 is 31.1 Å². The van der Waals surface area contributed by atoms with Crippen molar-refractivity contribution in [1.82, 2.24) is 14.9 Å². The number of alkyl halides is 1. The number of nitrogens with zero attached hydrogens (tertiary/aromatic N) is 4. The first-order valence-electron chi connectivity index (χ1n) is 8.28. The van der Waals surface area contributed by atoms with Crippen LogP contribution in [0.5, 0.6) is 0 Å². The van der Waals surface area contributed by atoms with E-state index in [-0.39, 0.29) is 31.9 Å². The number of amides is 2. The molecule has 2 atom stereocenters. The Bertz CT molecular complexity index is 996. The van der Waals surface area contributed by atoms with E-state index in [4.69, 9.17) is 13.1 Å². The zero-order valence-corrected chi connectivity index (χ0v) is 14.1. The molecule has 2 amide bonds. The highest BCUT2D eigenvalue weighted by Crippen LogP contribution is 2.54. The second-order valence-corrected chi connectivity index (χ2v) is 6.75. The van der Waals surface area contributed by atoms with Crippen LogP contribution in [0.4, 0.5) is 10.3 Å². The molecule has 4 rings (SSSR count). The van der Waals surface area contributed by atoms with Gasteiger partial charge in [-0.05, 0) is 18.1 Å². The highest BCUT2D eigenvalue weighted by Gasteiger charge is 2.61. The molecular weight excluding hydrogens is 348 g/mol. The Morgan fingerprint density at radius 2 is 2.19 bits per heavy atom. The third-order valence-corrected chi connectivity index (χ3v) is 4.92. The molecule has 2 aliphatic rings. The van der Waals surface area contributed by atoms with Crippen LogP contribution in [0.2, 0.25) is 0 Å². The van der Waals surface area contributed by atoms with Crippen molar-refractivity contribution in [2.24, 2.45) is 0 Å². The highest BCUT2D eigenvalue weighted by molar-refractivity contribution is 6.32. The lowest BCUT2D eigenvalue weighted by Crippen LogP contribution is -2.48. The van der Waals surface area contributed by atoms with E-state index >= 15 is 0 Å². The third kappa shape index (κ3) is 2.93. The van der Waals surface area contributed by atoms with Crippen LogP contribution in [-0.4, -0.2) is 53.8 Å². The monoisotopic (exact) mass is 363 g/mol. The smallest absolute Gasteiger partial charge is 0.254 e. The topological polar surface area (TPSA) is 99.0 Å². The van der Waals surface area contributed by atoms with E-state index in [1.54, 1.807) is 18.2 Å². The molecule has 1 saturated carbocycles. The lowest BCUT2D eigenvalue weighted by atomic mass is 9.82. The number of hydrogen-bond donors (Lipinski definition) is 1. The molecule has 1 N–H and O–H groups in total. The number of anilines is 1. The fraction of sp³-hybridized carbons (Fsp3) is 0.278. The number of aromatic nitrogens is 2. The molecule has 0 bridgehead atoms. The van der Waals surface area contributed by atoms with Gasteiger partial charge in [0.25, 0.3) is 5.91 Å². The van der Waals surface area contributed by atoms with E-state index in [0.717, 1.165) is 0 Å². The molecule has 2 aromatic rings. The number of rotatable bonds is 3. The number of benzene rings is 1. The summed E-state index contributed by atoms with van der Waals surface area (Å²) in [6.45, 7) is -0.133. The van der Waals surface area contributed by atoms with E-state index in [1.165, 1.54) is 17.3 Å². The molecule has 1 unspecified atom stereocenters. The maximum absolute atomic E-state index is 14.2. The normalized spacial score (nSPS) is 22.9. The Hall–Kier alpha value is -3.28. The minimum Gasteiger partial charge on any atom is -0.328 e. The van der Waals surface area contributed by atoms with Gasteiger partial charge in [0, 0.05) is 18.9 Å². The SMILES string of the molecule is [B]c1ccc2c(c1)[C@]1(CC1F)CN(CC(=O)Nc1ncc(C#N)cn1)C2=O.[HH]. The van der Waals surface area contributed by atoms with Crippen molar-refractivity contribution in [2.45, 2.75) is 18.0 Å². The van der Waals surface area contributed by atoms with Crippen molar-refractivity contribution in [2.75, 3.05) is 18.4 Å². The molecule has 1 aliphatic heterocycles. The zero-order valence-electron chi connectivity index (χ0n) is 14.1. The predicted octanol–water partition coefficient (Wildman–Crippen LogP) is 0.462. The van der Waals surface area contributed by atoms with Crippen LogP contribution in [0.25, 0.3) is 0 Å². The number of nitriles is 1. The maximum atomic E-state index is 14.2. The van der Waals surface area contributed by atoms with Crippen LogP contribution in [0.1, 0.15) is 29.3 Å². The van der Waals surface area contributed by atoms with E-state index < -0.39 is 17.5 Å². The zero-order chi connectivity index (χ0) is 19.2. The van der Waals surface area contributed by atoms with Crippen molar-refractivity contribution in [3.05, 3.63) is 47.3 Å². The second kappa shape index (κ2) is 6.16. The number of carbonyl (C=O) groups is 2. The minimum absolute atomic E-state index is 0. The summed E-state index contributed by atoms with van der Waals surface area (Å²) in [5.74, 6) is -0.815. The van der Waals surface area contributed by atoms with Gasteiger partial charge in [-0.25, -0.2) is 14.4 Å². The summed E-state index contributed by atoms with van der Waals surface area (Å²) in [5.41, 5.74) is 0.943. The molecule has 134 valence electrons. The van der Waals surface area contributed by atoms with Crippen molar-refractivity contribution in [3.63, 3.8) is 0 Å². The van der Waals surface area contributed by atoms with Gasteiger partial charge < -0.3 is 4.90 Å². The summed E-state index contributed by atoms with van der Waals surface area (Å²) >= 11 is 0. The second-order valence-electron chi connectivity index (χ2n) is 6.75. The Balaban J connectivity index is 0.00000225. The summed E-state index contributed by atoms with van der Waals surface area (Å²) in [4.78, 5) is 34.1. The summed E-state index contributed by atoms with van der Waals surface area (Å²) in [7, 11) is 5.80. The average Bonchev–Trinajstić information content (AvgIpc) is 3.30. The van der Waals surface area contributed by atoms with Gasteiger partial charge in [0.2, 0.25) is 11.9 Å². The number of fused-ring (bicyclic) bond motifs is 2. The van der Waals surface area contributed by atoms with Gasteiger partial charge in [-0.2, -0.15) is 5.26 Å². The Kier molecular flexibility index (Phi) is 3.91. The number of carbonyl (C=O) groups excluding carboxylic acids is 2. The molecule has 1 spiro atoms. The van der Waals surface area contributed by atoms with Crippen LogP contribution < -0.4 is 10.8 Å². The fourth-order valence-electron chi connectivity index (χ4n) is 3.45. The summed E-state index contributed by atoms with van der Waals surface area (Å²) < 4.78 is 14.2. The van der Waals surface area contributed by atoms with Crippen LogP contribution in [-0.2, 0) is 10.2 Å². The van der Waals surface area contributed by atoms with Gasteiger partial charge >= 0.3 is 0 Å². The molecular formula is C18H15BFN5O2. The first-order valence-corrected chi connectivity index (χ1v) is 8.28. The van der Waals surface area contributed by atoms with Gasteiger partial charge in [-0.15, -0.1) is 0 Å². The van der Waals surface area contributed by atoms with Crippen LogP contribution in [0.15, 0.2) is 30.6 Å². The lowest BCUT2D eigenvalue weighted by molar-refractivity contribution is -0.117. The maximum Gasteiger partial charge on any atom is 0.254 e. The molecule has 0 saturated heterocycles. The molecule has 2 heterocycles. The Morgan fingerprint density at radius 3 is 2.81 bits per heavy atom. The largest absolute Gasteiger partial charge is 0.328 e. The van der Waals surface area contributed by atoms with E-state index in [9.17, 15) is 14.0 Å². The highest BCUT2D eigenvalue weighted by atomic mass is 19.1. The molecule has 9 heteroatoms. The van der Waals surface area contributed by atoms with Crippen molar-refractivity contribution in [3.8, 4) is 6.07 Å². The minimum atomic E-state index is -1.07. The molecule has 1 aromatic heterocycles. The molecule has 2 radical (unpaired) electrons.